The second-order valence-electron chi connectivity index (χ2n) is 3.66. The van der Waals surface area contributed by atoms with Crippen LogP contribution in [0.2, 0.25) is 0 Å². The SMILES string of the molecule is CC(C)C#CC(C)(O)C(C)CO. The van der Waals surface area contributed by atoms with Crippen molar-refractivity contribution in [2.45, 2.75) is 33.3 Å². The van der Waals surface area contributed by atoms with Crippen molar-refractivity contribution in [2.75, 3.05) is 6.61 Å². The summed E-state index contributed by atoms with van der Waals surface area (Å²) in [7, 11) is 0. The third-order valence-corrected chi connectivity index (χ3v) is 1.85. The molecule has 0 aliphatic rings. The monoisotopic (exact) mass is 170 g/mol. The van der Waals surface area contributed by atoms with Crippen LogP contribution in [-0.4, -0.2) is 22.4 Å². The molecular weight excluding hydrogens is 152 g/mol. The van der Waals surface area contributed by atoms with Crippen LogP contribution in [0.4, 0.5) is 0 Å². The third kappa shape index (κ3) is 3.75. The fourth-order valence-electron chi connectivity index (χ4n) is 0.591. The van der Waals surface area contributed by atoms with Crippen LogP contribution in [-0.2, 0) is 0 Å². The number of hydrogen-bond acceptors (Lipinski definition) is 2. The lowest BCUT2D eigenvalue weighted by atomic mass is 9.92. The molecule has 0 saturated carbocycles. The molecule has 70 valence electrons. The molecule has 0 rings (SSSR count). The molecule has 0 aromatic carbocycles. The summed E-state index contributed by atoms with van der Waals surface area (Å²) in [6.45, 7) is 7.29. The molecule has 0 aliphatic heterocycles. The zero-order chi connectivity index (χ0) is 9.78. The molecule has 2 unspecified atom stereocenters. The highest BCUT2D eigenvalue weighted by Gasteiger charge is 2.24. The Labute approximate surface area is 74.6 Å². The molecule has 0 aromatic heterocycles. The van der Waals surface area contributed by atoms with Crippen molar-refractivity contribution in [2.24, 2.45) is 11.8 Å². The zero-order valence-corrected chi connectivity index (χ0v) is 8.26. The number of hydrogen-bond donors (Lipinski definition) is 2. The van der Waals surface area contributed by atoms with Crippen molar-refractivity contribution < 1.29 is 10.2 Å². The highest BCUT2D eigenvalue weighted by molar-refractivity contribution is 5.14. The largest absolute Gasteiger partial charge is 0.396 e. The van der Waals surface area contributed by atoms with Gasteiger partial charge in [0.2, 0.25) is 0 Å². The van der Waals surface area contributed by atoms with E-state index in [1.807, 2.05) is 13.8 Å². The lowest BCUT2D eigenvalue weighted by molar-refractivity contribution is 0.0337. The van der Waals surface area contributed by atoms with Crippen molar-refractivity contribution in [1.29, 1.82) is 0 Å². The van der Waals surface area contributed by atoms with Crippen LogP contribution in [0, 0.1) is 23.7 Å². The van der Waals surface area contributed by atoms with Crippen LogP contribution in [0.25, 0.3) is 0 Å². The smallest absolute Gasteiger partial charge is 0.127 e. The molecule has 0 heterocycles. The summed E-state index contributed by atoms with van der Waals surface area (Å²) in [4.78, 5) is 0. The topological polar surface area (TPSA) is 40.5 Å². The molecule has 0 aromatic rings. The van der Waals surface area contributed by atoms with E-state index in [1.165, 1.54) is 0 Å². The second kappa shape index (κ2) is 4.49. The van der Waals surface area contributed by atoms with E-state index in [-0.39, 0.29) is 18.4 Å². The maximum atomic E-state index is 9.70. The molecule has 2 heteroatoms. The average molecular weight is 170 g/mol. The summed E-state index contributed by atoms with van der Waals surface area (Å²) >= 11 is 0. The number of aliphatic hydroxyl groups excluding tert-OH is 1. The molecule has 2 N–H and O–H groups in total. The molecule has 2 nitrogen and oxygen atoms in total. The van der Waals surface area contributed by atoms with Gasteiger partial charge in [-0.05, 0) is 6.92 Å². The van der Waals surface area contributed by atoms with Gasteiger partial charge in [-0.15, -0.1) is 0 Å². The highest BCUT2D eigenvalue weighted by Crippen LogP contribution is 2.14. The molecule has 0 bridgehead atoms. The Hall–Kier alpha value is -0.520. The Balaban J connectivity index is 4.33. The molecule has 0 aliphatic carbocycles. The fraction of sp³-hybridized carbons (Fsp3) is 0.800. The standard InChI is InChI=1S/C10H18O2/c1-8(2)5-6-10(4,12)9(3)7-11/h8-9,11-12H,7H2,1-4H3. The van der Waals surface area contributed by atoms with Gasteiger partial charge in [0.25, 0.3) is 0 Å². The van der Waals surface area contributed by atoms with E-state index in [0.717, 1.165) is 0 Å². The van der Waals surface area contributed by atoms with Gasteiger partial charge in [0.15, 0.2) is 0 Å². The second-order valence-corrected chi connectivity index (χ2v) is 3.66. The maximum absolute atomic E-state index is 9.70. The summed E-state index contributed by atoms with van der Waals surface area (Å²) in [6.07, 6.45) is 0. The number of aliphatic hydroxyl groups is 2. The molecule has 0 radical (unpaired) electrons. The maximum Gasteiger partial charge on any atom is 0.127 e. The quantitative estimate of drug-likeness (QED) is 0.608. The molecular formula is C10H18O2. The van der Waals surface area contributed by atoms with Gasteiger partial charge in [0, 0.05) is 18.4 Å². The fourth-order valence-corrected chi connectivity index (χ4v) is 0.591. The van der Waals surface area contributed by atoms with Crippen molar-refractivity contribution in [3.05, 3.63) is 0 Å². The van der Waals surface area contributed by atoms with E-state index >= 15 is 0 Å². The van der Waals surface area contributed by atoms with Crippen molar-refractivity contribution in [3.8, 4) is 11.8 Å². The van der Waals surface area contributed by atoms with Crippen LogP contribution in [0.5, 0.6) is 0 Å². The minimum absolute atomic E-state index is 0.0419. The van der Waals surface area contributed by atoms with Crippen LogP contribution < -0.4 is 0 Å². The summed E-state index contributed by atoms with van der Waals surface area (Å²) in [5.74, 6) is 5.69. The van der Waals surface area contributed by atoms with E-state index in [4.69, 9.17) is 5.11 Å². The van der Waals surface area contributed by atoms with Crippen LogP contribution in [0.3, 0.4) is 0 Å². The van der Waals surface area contributed by atoms with Crippen molar-refractivity contribution in [3.63, 3.8) is 0 Å². The summed E-state index contributed by atoms with van der Waals surface area (Å²) < 4.78 is 0. The molecule has 2 atom stereocenters. The molecule has 0 spiro atoms. The van der Waals surface area contributed by atoms with Crippen molar-refractivity contribution in [1.82, 2.24) is 0 Å². The van der Waals surface area contributed by atoms with E-state index in [1.54, 1.807) is 13.8 Å². The Kier molecular flexibility index (Phi) is 4.30. The Morgan fingerprint density at radius 1 is 1.33 bits per heavy atom. The van der Waals surface area contributed by atoms with Gasteiger partial charge in [-0.25, -0.2) is 0 Å². The predicted molar refractivity (Wildman–Crippen MR) is 49.5 cm³/mol. The minimum atomic E-state index is -1.07. The molecule has 0 saturated heterocycles. The lowest BCUT2D eigenvalue weighted by Crippen LogP contribution is -2.33. The predicted octanol–water partition coefficient (Wildman–Crippen LogP) is 1.03. The van der Waals surface area contributed by atoms with Gasteiger partial charge in [-0.3, -0.25) is 0 Å². The van der Waals surface area contributed by atoms with Gasteiger partial charge in [0.05, 0.1) is 0 Å². The van der Waals surface area contributed by atoms with Gasteiger partial charge in [-0.2, -0.15) is 0 Å². The van der Waals surface area contributed by atoms with Crippen LogP contribution in [0.15, 0.2) is 0 Å². The first-order valence-electron chi connectivity index (χ1n) is 4.26. The first kappa shape index (κ1) is 11.5. The van der Waals surface area contributed by atoms with Gasteiger partial charge < -0.3 is 10.2 Å². The van der Waals surface area contributed by atoms with Gasteiger partial charge >= 0.3 is 0 Å². The van der Waals surface area contributed by atoms with Crippen LogP contribution >= 0.6 is 0 Å². The Bertz CT molecular complexity index is 184. The highest BCUT2D eigenvalue weighted by atomic mass is 16.3. The van der Waals surface area contributed by atoms with Gasteiger partial charge in [-0.1, -0.05) is 32.6 Å². The lowest BCUT2D eigenvalue weighted by Gasteiger charge is -2.22. The molecule has 0 fully saturated rings. The molecule has 0 amide bonds. The minimum Gasteiger partial charge on any atom is -0.396 e. The first-order valence-corrected chi connectivity index (χ1v) is 4.26. The summed E-state index contributed by atoms with van der Waals surface area (Å²) in [6, 6.07) is 0. The summed E-state index contributed by atoms with van der Waals surface area (Å²) in [5.41, 5.74) is -1.07. The zero-order valence-electron chi connectivity index (χ0n) is 8.26. The summed E-state index contributed by atoms with van der Waals surface area (Å²) in [5, 5.41) is 18.5. The van der Waals surface area contributed by atoms with E-state index in [9.17, 15) is 5.11 Å². The van der Waals surface area contributed by atoms with E-state index in [2.05, 4.69) is 11.8 Å². The van der Waals surface area contributed by atoms with E-state index in [0.29, 0.717) is 0 Å². The molecule has 12 heavy (non-hydrogen) atoms. The Morgan fingerprint density at radius 2 is 1.83 bits per heavy atom. The van der Waals surface area contributed by atoms with Crippen molar-refractivity contribution >= 4 is 0 Å². The first-order chi connectivity index (χ1) is 5.40. The van der Waals surface area contributed by atoms with Gasteiger partial charge in [0.1, 0.15) is 5.60 Å². The average Bonchev–Trinajstić information content (AvgIpc) is 1.99. The Morgan fingerprint density at radius 3 is 2.17 bits per heavy atom. The third-order valence-electron chi connectivity index (χ3n) is 1.85. The normalized spacial score (nSPS) is 17.9. The van der Waals surface area contributed by atoms with Crippen LogP contribution in [0.1, 0.15) is 27.7 Å². The number of rotatable bonds is 2. The van der Waals surface area contributed by atoms with E-state index < -0.39 is 5.60 Å².